The Morgan fingerprint density at radius 1 is 1.24 bits per heavy atom. The zero-order valence-corrected chi connectivity index (χ0v) is 12.6. The zero-order valence-electron chi connectivity index (χ0n) is 12.6. The highest BCUT2D eigenvalue weighted by atomic mass is 16.5. The van der Waals surface area contributed by atoms with Crippen molar-refractivity contribution in [1.82, 2.24) is 10.2 Å². The molecule has 1 aromatic rings. The molecule has 2 fully saturated rings. The molecule has 0 saturated carbocycles. The number of hydrogen-bond acceptors (Lipinski definition) is 4. The molecule has 2 aliphatic heterocycles. The number of fused-ring (bicyclic) bond motifs is 1. The molecule has 2 heterocycles. The predicted molar refractivity (Wildman–Crippen MR) is 79.9 cm³/mol. The molecule has 1 aromatic carbocycles. The van der Waals surface area contributed by atoms with E-state index in [9.17, 15) is 4.79 Å². The molecule has 5 heteroatoms. The highest BCUT2D eigenvalue weighted by Gasteiger charge is 2.35. The van der Waals surface area contributed by atoms with Gasteiger partial charge in [0.15, 0.2) is 0 Å². The van der Waals surface area contributed by atoms with Crippen LogP contribution in [-0.4, -0.2) is 51.2 Å². The van der Waals surface area contributed by atoms with Crippen molar-refractivity contribution in [2.45, 2.75) is 6.42 Å². The van der Waals surface area contributed by atoms with Crippen molar-refractivity contribution in [3.05, 3.63) is 23.8 Å². The van der Waals surface area contributed by atoms with Gasteiger partial charge in [0.1, 0.15) is 11.5 Å². The average Bonchev–Trinajstić information content (AvgIpc) is 3.01. The van der Waals surface area contributed by atoms with Crippen LogP contribution in [0.2, 0.25) is 0 Å². The third-order valence-electron chi connectivity index (χ3n) is 4.63. The van der Waals surface area contributed by atoms with Crippen LogP contribution >= 0.6 is 0 Å². The van der Waals surface area contributed by atoms with Crippen LogP contribution in [0.3, 0.4) is 0 Å². The Morgan fingerprint density at radius 2 is 2.05 bits per heavy atom. The topological polar surface area (TPSA) is 50.8 Å². The standard InChI is InChI=1S/C16H22N2O3/c1-20-13-3-4-14(15(7-13)21-2)16(19)18-6-5-11-8-17-9-12(11)10-18/h3-4,7,11-12,17H,5-6,8-10H2,1-2H3. The number of benzene rings is 1. The summed E-state index contributed by atoms with van der Waals surface area (Å²) in [6.07, 6.45) is 1.09. The first-order valence-corrected chi connectivity index (χ1v) is 7.45. The monoisotopic (exact) mass is 290 g/mol. The van der Waals surface area contributed by atoms with E-state index in [2.05, 4.69) is 5.32 Å². The Balaban J connectivity index is 1.78. The van der Waals surface area contributed by atoms with E-state index in [4.69, 9.17) is 9.47 Å². The van der Waals surface area contributed by atoms with Gasteiger partial charge in [0.05, 0.1) is 19.8 Å². The molecule has 0 aromatic heterocycles. The summed E-state index contributed by atoms with van der Waals surface area (Å²) >= 11 is 0. The molecule has 0 radical (unpaired) electrons. The van der Waals surface area contributed by atoms with Crippen LogP contribution in [0.1, 0.15) is 16.8 Å². The molecule has 2 saturated heterocycles. The lowest BCUT2D eigenvalue weighted by molar-refractivity contribution is 0.0639. The van der Waals surface area contributed by atoms with Crippen LogP contribution in [0.25, 0.3) is 0 Å². The number of nitrogens with zero attached hydrogens (tertiary/aromatic N) is 1. The maximum Gasteiger partial charge on any atom is 0.257 e. The lowest BCUT2D eigenvalue weighted by Crippen LogP contribution is -2.43. The van der Waals surface area contributed by atoms with Gasteiger partial charge >= 0.3 is 0 Å². The molecule has 2 aliphatic rings. The Bertz CT molecular complexity index is 532. The Hall–Kier alpha value is -1.75. The maximum absolute atomic E-state index is 12.8. The summed E-state index contributed by atoms with van der Waals surface area (Å²) in [5, 5.41) is 3.42. The quantitative estimate of drug-likeness (QED) is 0.914. The van der Waals surface area contributed by atoms with Gasteiger partial charge in [0, 0.05) is 19.2 Å². The molecule has 0 aliphatic carbocycles. The number of amides is 1. The summed E-state index contributed by atoms with van der Waals surface area (Å²) in [6, 6.07) is 5.36. The minimum Gasteiger partial charge on any atom is -0.497 e. The van der Waals surface area contributed by atoms with E-state index >= 15 is 0 Å². The number of piperidine rings is 1. The summed E-state index contributed by atoms with van der Waals surface area (Å²) in [5.41, 5.74) is 0.614. The summed E-state index contributed by atoms with van der Waals surface area (Å²) in [7, 11) is 3.19. The minimum absolute atomic E-state index is 0.0554. The molecule has 3 rings (SSSR count). The lowest BCUT2D eigenvalue weighted by atomic mass is 9.88. The number of methoxy groups -OCH3 is 2. The fourth-order valence-corrected chi connectivity index (χ4v) is 3.36. The number of ether oxygens (including phenoxy) is 2. The zero-order chi connectivity index (χ0) is 14.8. The molecular formula is C16H22N2O3. The van der Waals surface area contributed by atoms with Crippen molar-refractivity contribution >= 4 is 5.91 Å². The fraction of sp³-hybridized carbons (Fsp3) is 0.562. The van der Waals surface area contributed by atoms with E-state index < -0.39 is 0 Å². The third-order valence-corrected chi connectivity index (χ3v) is 4.63. The van der Waals surface area contributed by atoms with Gasteiger partial charge in [-0.3, -0.25) is 4.79 Å². The Labute approximate surface area is 125 Å². The summed E-state index contributed by atoms with van der Waals surface area (Å²) < 4.78 is 10.5. The largest absolute Gasteiger partial charge is 0.497 e. The van der Waals surface area contributed by atoms with Gasteiger partial charge in [-0.1, -0.05) is 0 Å². The van der Waals surface area contributed by atoms with Gasteiger partial charge in [0.25, 0.3) is 5.91 Å². The maximum atomic E-state index is 12.8. The third kappa shape index (κ3) is 2.70. The molecule has 0 spiro atoms. The number of carbonyl (C=O) groups excluding carboxylic acids is 1. The molecule has 114 valence electrons. The van der Waals surface area contributed by atoms with Gasteiger partial charge in [-0.15, -0.1) is 0 Å². The SMILES string of the molecule is COc1ccc(C(=O)N2CCC3CNCC3C2)c(OC)c1. The van der Waals surface area contributed by atoms with Crippen molar-refractivity contribution in [3.63, 3.8) is 0 Å². The molecular weight excluding hydrogens is 268 g/mol. The molecule has 1 amide bonds. The predicted octanol–water partition coefficient (Wildman–Crippen LogP) is 1.39. The van der Waals surface area contributed by atoms with Gasteiger partial charge < -0.3 is 19.7 Å². The fourth-order valence-electron chi connectivity index (χ4n) is 3.36. The van der Waals surface area contributed by atoms with Gasteiger partial charge in [-0.2, -0.15) is 0 Å². The van der Waals surface area contributed by atoms with Crippen molar-refractivity contribution < 1.29 is 14.3 Å². The average molecular weight is 290 g/mol. The van der Waals surface area contributed by atoms with Crippen LogP contribution in [0.15, 0.2) is 18.2 Å². The second-order valence-corrected chi connectivity index (χ2v) is 5.78. The summed E-state index contributed by atoms with van der Waals surface area (Å²) in [4.78, 5) is 14.7. The number of likely N-dealkylation sites (tertiary alicyclic amines) is 1. The highest BCUT2D eigenvalue weighted by molar-refractivity contribution is 5.97. The molecule has 2 atom stereocenters. The number of carbonyl (C=O) groups is 1. The highest BCUT2D eigenvalue weighted by Crippen LogP contribution is 2.30. The number of nitrogens with one attached hydrogen (secondary N) is 1. The van der Waals surface area contributed by atoms with Gasteiger partial charge in [-0.25, -0.2) is 0 Å². The van der Waals surface area contributed by atoms with Crippen LogP contribution < -0.4 is 14.8 Å². The molecule has 5 nitrogen and oxygen atoms in total. The van der Waals surface area contributed by atoms with Crippen molar-refractivity contribution in [2.24, 2.45) is 11.8 Å². The first kappa shape index (κ1) is 14.2. The molecule has 0 bridgehead atoms. The number of hydrogen-bond donors (Lipinski definition) is 1. The van der Waals surface area contributed by atoms with Crippen LogP contribution in [0.5, 0.6) is 11.5 Å². The summed E-state index contributed by atoms with van der Waals surface area (Å²) in [5.74, 6) is 2.65. The van der Waals surface area contributed by atoms with E-state index in [1.807, 2.05) is 4.90 Å². The Morgan fingerprint density at radius 3 is 2.81 bits per heavy atom. The van der Waals surface area contributed by atoms with Crippen LogP contribution in [0, 0.1) is 11.8 Å². The van der Waals surface area contributed by atoms with E-state index in [-0.39, 0.29) is 5.91 Å². The second kappa shape index (κ2) is 5.93. The second-order valence-electron chi connectivity index (χ2n) is 5.78. The van der Waals surface area contributed by atoms with Gasteiger partial charge in [0.2, 0.25) is 0 Å². The van der Waals surface area contributed by atoms with E-state index in [1.54, 1.807) is 32.4 Å². The number of rotatable bonds is 3. The first-order valence-electron chi connectivity index (χ1n) is 7.45. The van der Waals surface area contributed by atoms with Crippen LogP contribution in [-0.2, 0) is 0 Å². The Kier molecular flexibility index (Phi) is 4.01. The van der Waals surface area contributed by atoms with Gasteiger partial charge in [-0.05, 0) is 43.5 Å². The smallest absolute Gasteiger partial charge is 0.257 e. The van der Waals surface area contributed by atoms with Crippen molar-refractivity contribution in [1.29, 1.82) is 0 Å². The molecule has 21 heavy (non-hydrogen) atoms. The van der Waals surface area contributed by atoms with Crippen molar-refractivity contribution in [3.8, 4) is 11.5 Å². The van der Waals surface area contributed by atoms with E-state index in [0.29, 0.717) is 23.0 Å². The molecule has 2 unspecified atom stereocenters. The van der Waals surface area contributed by atoms with Crippen molar-refractivity contribution in [2.75, 3.05) is 40.4 Å². The normalized spacial score (nSPS) is 24.6. The minimum atomic E-state index is 0.0554. The summed E-state index contributed by atoms with van der Waals surface area (Å²) in [6.45, 7) is 3.79. The first-order chi connectivity index (χ1) is 10.2. The lowest BCUT2D eigenvalue weighted by Gasteiger charge is -2.34. The van der Waals surface area contributed by atoms with E-state index in [0.717, 1.165) is 38.5 Å². The molecule has 1 N–H and O–H groups in total. The van der Waals surface area contributed by atoms with Crippen LogP contribution in [0.4, 0.5) is 0 Å². The van der Waals surface area contributed by atoms with E-state index in [1.165, 1.54) is 0 Å².